The molecule has 2 aliphatic rings. The number of benzene rings is 1. The molecular weight excluding hydrogens is 470 g/mol. The quantitative estimate of drug-likeness (QED) is 0.474. The zero-order valence-corrected chi connectivity index (χ0v) is 21.9. The van der Waals surface area contributed by atoms with Crippen LogP contribution < -0.4 is 25.3 Å². The highest BCUT2D eigenvalue weighted by Gasteiger charge is 2.23. The SMILES string of the molecule is Cc1ccc(CNC(=S)Nc2nc(N3CCN(c4ccccc4)CC3)cc(N3CCC[C@H](C)C3)n2)o1. The second-order valence-electron chi connectivity index (χ2n) is 9.73. The van der Waals surface area contributed by atoms with Crippen molar-refractivity contribution in [3.05, 3.63) is 60.1 Å². The Morgan fingerprint density at radius 3 is 2.39 bits per heavy atom. The smallest absolute Gasteiger partial charge is 0.232 e. The Balaban J connectivity index is 1.30. The molecule has 3 aromatic rings. The molecule has 0 bridgehead atoms. The van der Waals surface area contributed by atoms with Gasteiger partial charge in [-0.05, 0) is 62.2 Å². The standard InChI is InChI=1S/C27H35N7OS/c1-20-7-6-12-34(19-20)25-17-24(33-15-13-32(14-16-33)22-8-4-3-5-9-22)29-26(30-25)31-27(36)28-18-23-11-10-21(2)35-23/h3-5,8-11,17,20H,6-7,12-16,18-19H2,1-2H3,(H2,28,29,30,31,36)/t20-/m0/s1. The summed E-state index contributed by atoms with van der Waals surface area (Å²) in [5.41, 5.74) is 1.27. The molecular formula is C27H35N7OS. The molecule has 1 atom stereocenters. The van der Waals surface area contributed by atoms with Crippen LogP contribution in [0.5, 0.6) is 0 Å². The number of hydrogen-bond acceptors (Lipinski definition) is 7. The van der Waals surface area contributed by atoms with E-state index in [0.29, 0.717) is 23.5 Å². The number of thiocarbonyl (C=S) groups is 1. The Morgan fingerprint density at radius 1 is 0.972 bits per heavy atom. The lowest BCUT2D eigenvalue weighted by molar-refractivity contribution is 0.444. The number of aromatic nitrogens is 2. The van der Waals surface area contributed by atoms with Gasteiger partial charge in [-0.15, -0.1) is 0 Å². The molecule has 0 unspecified atom stereocenters. The number of para-hydroxylation sites is 1. The minimum atomic E-state index is 0.480. The second-order valence-corrected chi connectivity index (χ2v) is 10.1. The normalized spacial score (nSPS) is 18.3. The number of furan rings is 1. The lowest BCUT2D eigenvalue weighted by Crippen LogP contribution is -2.47. The summed E-state index contributed by atoms with van der Waals surface area (Å²) in [6, 6.07) is 16.7. The van der Waals surface area contributed by atoms with Gasteiger partial charge in [-0.3, -0.25) is 0 Å². The lowest BCUT2D eigenvalue weighted by atomic mass is 10.0. The van der Waals surface area contributed by atoms with Crippen molar-refractivity contribution in [3.63, 3.8) is 0 Å². The molecule has 2 fully saturated rings. The van der Waals surface area contributed by atoms with Gasteiger partial charge in [0.1, 0.15) is 23.2 Å². The van der Waals surface area contributed by atoms with Gasteiger partial charge in [-0.2, -0.15) is 9.97 Å². The first-order valence-electron chi connectivity index (χ1n) is 12.8. The number of nitrogens with one attached hydrogen (secondary N) is 2. The van der Waals surface area contributed by atoms with Crippen LogP contribution in [0.4, 0.5) is 23.3 Å². The summed E-state index contributed by atoms with van der Waals surface area (Å²) in [7, 11) is 0. The average molecular weight is 506 g/mol. The fraction of sp³-hybridized carbons (Fsp3) is 0.444. The molecule has 2 N–H and O–H groups in total. The summed E-state index contributed by atoms with van der Waals surface area (Å²) in [4.78, 5) is 16.9. The molecule has 190 valence electrons. The molecule has 4 heterocycles. The molecule has 0 aliphatic carbocycles. The summed E-state index contributed by atoms with van der Waals surface area (Å²) in [6.45, 7) is 10.5. The molecule has 2 aliphatic heterocycles. The lowest BCUT2D eigenvalue weighted by Gasteiger charge is -2.37. The summed E-state index contributed by atoms with van der Waals surface area (Å²) in [5.74, 6) is 4.81. The zero-order chi connectivity index (χ0) is 24.9. The van der Waals surface area contributed by atoms with Crippen LogP contribution in [-0.4, -0.2) is 54.3 Å². The van der Waals surface area contributed by atoms with E-state index in [2.05, 4.69) is 68.7 Å². The second kappa shape index (κ2) is 11.2. The maximum Gasteiger partial charge on any atom is 0.232 e. The number of piperazine rings is 1. The van der Waals surface area contributed by atoms with Gasteiger partial charge in [-0.1, -0.05) is 25.1 Å². The zero-order valence-electron chi connectivity index (χ0n) is 21.1. The highest BCUT2D eigenvalue weighted by molar-refractivity contribution is 7.80. The number of nitrogens with zero attached hydrogens (tertiary/aromatic N) is 5. The summed E-state index contributed by atoms with van der Waals surface area (Å²) in [5, 5.41) is 6.90. The van der Waals surface area contributed by atoms with Crippen molar-refractivity contribution in [1.82, 2.24) is 15.3 Å². The van der Waals surface area contributed by atoms with Gasteiger partial charge >= 0.3 is 0 Å². The summed E-state index contributed by atoms with van der Waals surface area (Å²) in [6.07, 6.45) is 2.45. The van der Waals surface area contributed by atoms with Crippen molar-refractivity contribution in [1.29, 1.82) is 0 Å². The van der Waals surface area contributed by atoms with Crippen molar-refractivity contribution in [2.24, 2.45) is 5.92 Å². The van der Waals surface area contributed by atoms with Crippen LogP contribution in [0, 0.1) is 12.8 Å². The van der Waals surface area contributed by atoms with Crippen molar-refractivity contribution in [2.45, 2.75) is 33.2 Å². The monoisotopic (exact) mass is 505 g/mol. The summed E-state index contributed by atoms with van der Waals surface area (Å²) < 4.78 is 5.63. The molecule has 0 spiro atoms. The van der Waals surface area contributed by atoms with Gasteiger partial charge in [0.2, 0.25) is 5.95 Å². The van der Waals surface area contributed by atoms with Crippen LogP contribution in [-0.2, 0) is 6.54 Å². The molecule has 9 heteroatoms. The van der Waals surface area contributed by atoms with E-state index < -0.39 is 0 Å². The number of hydrogen-bond donors (Lipinski definition) is 2. The van der Waals surface area contributed by atoms with Crippen molar-refractivity contribution in [2.75, 3.05) is 59.3 Å². The third-order valence-corrected chi connectivity index (χ3v) is 7.10. The van der Waals surface area contributed by atoms with Crippen molar-refractivity contribution >= 4 is 40.6 Å². The number of anilines is 4. The maximum atomic E-state index is 5.63. The van der Waals surface area contributed by atoms with Crippen LogP contribution in [0.3, 0.4) is 0 Å². The number of piperidine rings is 1. The molecule has 0 saturated carbocycles. The van der Waals surface area contributed by atoms with E-state index in [-0.39, 0.29) is 0 Å². The molecule has 36 heavy (non-hydrogen) atoms. The van der Waals surface area contributed by atoms with Gasteiger partial charge < -0.3 is 29.8 Å². The molecule has 1 aromatic carbocycles. The Hall–Kier alpha value is -3.33. The molecule has 8 nitrogen and oxygen atoms in total. The van der Waals surface area contributed by atoms with Gasteiger partial charge in [-0.25, -0.2) is 0 Å². The minimum absolute atomic E-state index is 0.480. The molecule has 5 rings (SSSR count). The third-order valence-electron chi connectivity index (χ3n) is 6.85. The van der Waals surface area contributed by atoms with Crippen LogP contribution in [0.15, 0.2) is 52.9 Å². The minimum Gasteiger partial charge on any atom is -0.465 e. The van der Waals surface area contributed by atoms with E-state index in [1.54, 1.807) is 0 Å². The number of aryl methyl sites for hydroxylation is 1. The van der Waals surface area contributed by atoms with Gasteiger partial charge in [0.15, 0.2) is 5.11 Å². The third kappa shape index (κ3) is 6.07. The van der Waals surface area contributed by atoms with Gasteiger partial charge in [0.25, 0.3) is 0 Å². The van der Waals surface area contributed by atoms with Gasteiger partial charge in [0.05, 0.1) is 6.54 Å². The van der Waals surface area contributed by atoms with Crippen molar-refractivity contribution < 1.29 is 4.42 Å². The van der Waals surface area contributed by atoms with Crippen LogP contribution in [0.1, 0.15) is 31.3 Å². The fourth-order valence-corrected chi connectivity index (χ4v) is 5.09. The largest absolute Gasteiger partial charge is 0.465 e. The van der Waals surface area contributed by atoms with Gasteiger partial charge in [0, 0.05) is 51.0 Å². The Bertz CT molecular complexity index is 1160. The maximum absolute atomic E-state index is 5.63. The van der Waals surface area contributed by atoms with E-state index in [1.165, 1.54) is 18.5 Å². The van der Waals surface area contributed by atoms with E-state index in [1.807, 2.05) is 19.1 Å². The Kier molecular flexibility index (Phi) is 7.55. The van der Waals surface area contributed by atoms with E-state index in [4.69, 9.17) is 26.6 Å². The fourth-order valence-electron chi connectivity index (χ4n) is 4.93. The van der Waals surface area contributed by atoms with E-state index in [0.717, 1.165) is 62.4 Å². The molecule has 2 aromatic heterocycles. The van der Waals surface area contributed by atoms with E-state index >= 15 is 0 Å². The Labute approximate surface area is 218 Å². The first-order chi connectivity index (χ1) is 17.5. The average Bonchev–Trinajstić information content (AvgIpc) is 3.33. The first kappa shape index (κ1) is 24.4. The molecule has 0 amide bonds. The first-order valence-corrected chi connectivity index (χ1v) is 13.2. The summed E-state index contributed by atoms with van der Waals surface area (Å²) >= 11 is 5.55. The highest BCUT2D eigenvalue weighted by Crippen LogP contribution is 2.27. The predicted octanol–water partition coefficient (Wildman–Crippen LogP) is 4.43. The van der Waals surface area contributed by atoms with E-state index in [9.17, 15) is 0 Å². The highest BCUT2D eigenvalue weighted by atomic mass is 32.1. The molecule has 2 saturated heterocycles. The topological polar surface area (TPSA) is 72.7 Å². The molecule has 0 radical (unpaired) electrons. The predicted molar refractivity (Wildman–Crippen MR) is 150 cm³/mol. The van der Waals surface area contributed by atoms with Crippen LogP contribution in [0.25, 0.3) is 0 Å². The van der Waals surface area contributed by atoms with Crippen molar-refractivity contribution in [3.8, 4) is 0 Å². The number of rotatable bonds is 6. The van der Waals surface area contributed by atoms with Crippen LogP contribution >= 0.6 is 12.2 Å². The Morgan fingerprint density at radius 2 is 1.69 bits per heavy atom. The van der Waals surface area contributed by atoms with Crippen LogP contribution in [0.2, 0.25) is 0 Å².